The number of carboxylic acids is 1. The molecule has 0 fully saturated rings. The van der Waals surface area contributed by atoms with Gasteiger partial charge in [0.05, 0.1) is 11.9 Å². The summed E-state index contributed by atoms with van der Waals surface area (Å²) in [5.74, 6) is -2.12. The van der Waals surface area contributed by atoms with E-state index in [9.17, 15) is 14.7 Å². The molecule has 0 bridgehead atoms. The Kier molecular flexibility index (Phi) is 3.55. The fourth-order valence-corrected chi connectivity index (χ4v) is 2.05. The van der Waals surface area contributed by atoms with Crippen molar-refractivity contribution in [3.63, 3.8) is 0 Å². The van der Waals surface area contributed by atoms with Crippen LogP contribution in [0.5, 0.6) is 5.75 Å². The minimum atomic E-state index is -1.47. The first-order valence-electron chi connectivity index (χ1n) is 6.38. The third kappa shape index (κ3) is 2.79. The summed E-state index contributed by atoms with van der Waals surface area (Å²) in [7, 11) is 0. The summed E-state index contributed by atoms with van der Waals surface area (Å²) in [5.41, 5.74) is -0.383. The summed E-state index contributed by atoms with van der Waals surface area (Å²) < 4.78 is 1.22. The van der Waals surface area contributed by atoms with Crippen molar-refractivity contribution < 1.29 is 15.0 Å². The van der Waals surface area contributed by atoms with E-state index in [2.05, 4.69) is 5.10 Å². The first-order chi connectivity index (χ1) is 9.71. The fourth-order valence-electron chi connectivity index (χ4n) is 2.05. The van der Waals surface area contributed by atoms with Crippen LogP contribution in [0, 0.1) is 0 Å². The van der Waals surface area contributed by atoms with E-state index in [-0.39, 0.29) is 5.41 Å². The van der Waals surface area contributed by atoms with E-state index in [1.807, 2.05) is 32.9 Å². The van der Waals surface area contributed by atoms with E-state index >= 15 is 0 Å². The predicted molar refractivity (Wildman–Crippen MR) is 77.2 cm³/mol. The largest absolute Gasteiger partial charge is 0.503 e. The average Bonchev–Trinajstić information content (AvgIpc) is 2.40. The normalized spacial score (nSPS) is 11.4. The van der Waals surface area contributed by atoms with E-state index in [1.54, 1.807) is 12.1 Å². The van der Waals surface area contributed by atoms with Crippen molar-refractivity contribution in [2.75, 3.05) is 0 Å². The second-order valence-corrected chi connectivity index (χ2v) is 5.71. The highest BCUT2D eigenvalue weighted by Crippen LogP contribution is 2.28. The molecule has 0 saturated carbocycles. The summed E-state index contributed by atoms with van der Waals surface area (Å²) in [6, 6.07) is 7.29. The summed E-state index contributed by atoms with van der Waals surface area (Å²) in [5, 5.41) is 22.5. The third-order valence-electron chi connectivity index (χ3n) is 3.06. The Bertz CT molecular complexity index is 757. The molecule has 0 radical (unpaired) electrons. The Hall–Kier alpha value is -2.63. The Morgan fingerprint density at radius 1 is 1.24 bits per heavy atom. The van der Waals surface area contributed by atoms with Crippen LogP contribution in [0.1, 0.15) is 36.8 Å². The molecule has 0 aliphatic rings. The van der Waals surface area contributed by atoms with Crippen molar-refractivity contribution in [3.05, 3.63) is 51.9 Å². The smallest absolute Gasteiger partial charge is 0.360 e. The molecule has 110 valence electrons. The zero-order chi connectivity index (χ0) is 15.8. The van der Waals surface area contributed by atoms with Crippen LogP contribution >= 0.6 is 0 Å². The van der Waals surface area contributed by atoms with Crippen molar-refractivity contribution in [2.45, 2.75) is 26.2 Å². The molecular formula is C15H16N2O4. The molecule has 0 aliphatic carbocycles. The quantitative estimate of drug-likeness (QED) is 0.881. The van der Waals surface area contributed by atoms with E-state index in [1.165, 1.54) is 4.68 Å². The number of para-hydroxylation sites is 1. The molecule has 0 saturated heterocycles. The van der Waals surface area contributed by atoms with Gasteiger partial charge in [-0.2, -0.15) is 5.10 Å². The van der Waals surface area contributed by atoms with Crippen molar-refractivity contribution in [1.82, 2.24) is 9.78 Å². The van der Waals surface area contributed by atoms with Crippen LogP contribution in [0.25, 0.3) is 5.69 Å². The molecule has 2 aromatic rings. The molecule has 0 atom stereocenters. The Morgan fingerprint density at radius 3 is 2.43 bits per heavy atom. The zero-order valence-corrected chi connectivity index (χ0v) is 12.0. The number of rotatable bonds is 2. The van der Waals surface area contributed by atoms with Gasteiger partial charge in [0.15, 0.2) is 5.75 Å². The van der Waals surface area contributed by atoms with Gasteiger partial charge in [0.2, 0.25) is 5.69 Å². The van der Waals surface area contributed by atoms with Crippen molar-refractivity contribution in [2.24, 2.45) is 0 Å². The number of benzene rings is 1. The number of carbonyl (C=O) groups is 1. The molecule has 0 unspecified atom stereocenters. The molecule has 0 amide bonds. The number of nitrogens with zero attached hydrogens (tertiary/aromatic N) is 2. The Morgan fingerprint density at radius 2 is 1.86 bits per heavy atom. The Balaban J connectivity index is 2.75. The van der Waals surface area contributed by atoms with E-state index in [0.717, 1.165) is 11.8 Å². The molecule has 1 aromatic carbocycles. The zero-order valence-electron chi connectivity index (χ0n) is 12.0. The lowest BCUT2D eigenvalue weighted by Crippen LogP contribution is -2.23. The maximum atomic E-state index is 11.6. The third-order valence-corrected chi connectivity index (χ3v) is 3.06. The number of hydrogen-bond acceptors (Lipinski definition) is 4. The molecule has 1 heterocycles. The topological polar surface area (TPSA) is 92.4 Å². The lowest BCUT2D eigenvalue weighted by molar-refractivity contribution is 0.0686. The molecule has 0 aliphatic heterocycles. The van der Waals surface area contributed by atoms with Gasteiger partial charge in [-0.1, -0.05) is 39.0 Å². The maximum Gasteiger partial charge on any atom is 0.360 e. The summed E-state index contributed by atoms with van der Waals surface area (Å²) in [6.07, 6.45) is 1.12. The van der Waals surface area contributed by atoms with Gasteiger partial charge >= 0.3 is 5.97 Å². The van der Waals surface area contributed by atoms with Gasteiger partial charge in [-0.25, -0.2) is 9.48 Å². The highest BCUT2D eigenvalue weighted by atomic mass is 16.4. The average molecular weight is 288 g/mol. The number of hydrogen-bond donors (Lipinski definition) is 2. The van der Waals surface area contributed by atoms with Crippen LogP contribution in [0.15, 0.2) is 35.3 Å². The van der Waals surface area contributed by atoms with Gasteiger partial charge in [0, 0.05) is 0 Å². The summed E-state index contributed by atoms with van der Waals surface area (Å²) >= 11 is 0. The molecular weight excluding hydrogens is 272 g/mol. The first-order valence-corrected chi connectivity index (χ1v) is 6.38. The monoisotopic (exact) mass is 288 g/mol. The van der Waals surface area contributed by atoms with Gasteiger partial charge in [0.1, 0.15) is 0 Å². The number of aromatic carboxylic acids is 1. The predicted octanol–water partition coefficient (Wildman–Crippen LogP) is 1.93. The Labute approximate surface area is 121 Å². The number of carboxylic acid groups (broad SMARTS) is 1. The number of aromatic hydroxyl groups is 1. The van der Waals surface area contributed by atoms with E-state index in [0.29, 0.717) is 5.69 Å². The minimum absolute atomic E-state index is 0.208. The molecule has 21 heavy (non-hydrogen) atoms. The standard InChI is InChI=1S/C15H16N2O4/c1-15(2,3)9-6-4-5-7-10(9)17-8-11(18)13(19)12(16-17)14(20)21/h4-8,18H,1-3H3,(H,20,21). The van der Waals surface area contributed by atoms with Crippen molar-refractivity contribution in [3.8, 4) is 11.4 Å². The van der Waals surface area contributed by atoms with E-state index < -0.39 is 22.8 Å². The van der Waals surface area contributed by atoms with Crippen LogP contribution in [0.3, 0.4) is 0 Å². The van der Waals surface area contributed by atoms with Crippen molar-refractivity contribution in [1.29, 1.82) is 0 Å². The minimum Gasteiger partial charge on any atom is -0.503 e. The van der Waals surface area contributed by atoms with E-state index in [4.69, 9.17) is 5.11 Å². The lowest BCUT2D eigenvalue weighted by Gasteiger charge is -2.23. The molecule has 1 aromatic heterocycles. The second kappa shape index (κ2) is 5.05. The molecule has 2 N–H and O–H groups in total. The number of aromatic nitrogens is 2. The highest BCUT2D eigenvalue weighted by Gasteiger charge is 2.21. The molecule has 0 spiro atoms. The lowest BCUT2D eigenvalue weighted by atomic mass is 9.86. The molecule has 2 rings (SSSR count). The van der Waals surface area contributed by atoms with Gasteiger partial charge in [-0.15, -0.1) is 0 Å². The van der Waals surface area contributed by atoms with Gasteiger partial charge in [-0.3, -0.25) is 4.79 Å². The summed E-state index contributed by atoms with van der Waals surface area (Å²) in [6.45, 7) is 6.02. The second-order valence-electron chi connectivity index (χ2n) is 5.71. The first kappa shape index (κ1) is 14.8. The van der Waals surface area contributed by atoms with Crippen molar-refractivity contribution >= 4 is 5.97 Å². The van der Waals surface area contributed by atoms with Crippen LogP contribution in [-0.2, 0) is 5.41 Å². The van der Waals surface area contributed by atoms with Gasteiger partial charge in [0.25, 0.3) is 5.43 Å². The highest BCUT2D eigenvalue weighted by molar-refractivity contribution is 5.85. The van der Waals surface area contributed by atoms with Crippen LogP contribution in [0.4, 0.5) is 0 Å². The van der Waals surface area contributed by atoms with Crippen LogP contribution < -0.4 is 5.43 Å². The van der Waals surface area contributed by atoms with Gasteiger partial charge < -0.3 is 10.2 Å². The SMILES string of the molecule is CC(C)(C)c1ccccc1-n1cc(O)c(=O)c(C(=O)O)n1. The van der Waals surface area contributed by atoms with Crippen LogP contribution in [0.2, 0.25) is 0 Å². The maximum absolute atomic E-state index is 11.6. The van der Waals surface area contributed by atoms with Crippen LogP contribution in [-0.4, -0.2) is 26.0 Å². The van der Waals surface area contributed by atoms with Gasteiger partial charge in [-0.05, 0) is 17.0 Å². The molecule has 6 heteroatoms. The summed E-state index contributed by atoms with van der Waals surface area (Å²) in [4.78, 5) is 22.6. The molecule has 6 nitrogen and oxygen atoms in total. The fraction of sp³-hybridized carbons (Fsp3) is 0.267.